The molecule has 1 rings (SSSR count). The lowest BCUT2D eigenvalue weighted by molar-refractivity contribution is -0.135. The molecule has 5 heteroatoms. The molecule has 5 nitrogen and oxygen atoms in total. The SMILES string of the molecule is Nc1ncc(C=CCC(=O)O)cn1. The van der Waals surface area contributed by atoms with Gasteiger partial charge in [0, 0.05) is 18.0 Å². The van der Waals surface area contributed by atoms with Gasteiger partial charge in [-0.2, -0.15) is 0 Å². The van der Waals surface area contributed by atoms with Crippen molar-refractivity contribution >= 4 is 18.0 Å². The van der Waals surface area contributed by atoms with Crippen molar-refractivity contribution in [1.82, 2.24) is 9.97 Å². The summed E-state index contributed by atoms with van der Waals surface area (Å²) in [5.74, 6) is -0.664. The highest BCUT2D eigenvalue weighted by molar-refractivity contribution is 5.70. The van der Waals surface area contributed by atoms with Crippen LogP contribution in [0.25, 0.3) is 6.08 Å². The summed E-state index contributed by atoms with van der Waals surface area (Å²) in [6.45, 7) is 0. The molecular weight excluding hydrogens is 170 g/mol. The fourth-order valence-electron chi connectivity index (χ4n) is 0.730. The summed E-state index contributed by atoms with van der Waals surface area (Å²) in [5, 5.41) is 8.33. The van der Waals surface area contributed by atoms with Gasteiger partial charge < -0.3 is 10.8 Å². The minimum absolute atomic E-state index is 0.00955. The monoisotopic (exact) mass is 179 g/mol. The fraction of sp³-hybridized carbons (Fsp3) is 0.125. The number of nitrogens with two attached hydrogens (primary N) is 1. The molecule has 0 radical (unpaired) electrons. The molecule has 0 fully saturated rings. The van der Waals surface area contributed by atoms with E-state index in [0.29, 0.717) is 0 Å². The van der Waals surface area contributed by atoms with Crippen molar-refractivity contribution in [2.45, 2.75) is 6.42 Å². The first-order valence-electron chi connectivity index (χ1n) is 3.64. The summed E-state index contributed by atoms with van der Waals surface area (Å²) >= 11 is 0. The van der Waals surface area contributed by atoms with Crippen molar-refractivity contribution in [2.24, 2.45) is 0 Å². The van der Waals surface area contributed by atoms with Gasteiger partial charge in [0.25, 0.3) is 0 Å². The topological polar surface area (TPSA) is 89.1 Å². The maximum atomic E-state index is 10.1. The lowest BCUT2D eigenvalue weighted by atomic mass is 10.3. The quantitative estimate of drug-likeness (QED) is 0.707. The van der Waals surface area contributed by atoms with E-state index < -0.39 is 5.97 Å². The molecule has 13 heavy (non-hydrogen) atoms. The average Bonchev–Trinajstić information content (AvgIpc) is 2.08. The van der Waals surface area contributed by atoms with Crippen molar-refractivity contribution < 1.29 is 9.90 Å². The Balaban J connectivity index is 2.59. The third-order valence-corrected chi connectivity index (χ3v) is 1.29. The number of anilines is 1. The smallest absolute Gasteiger partial charge is 0.307 e. The van der Waals surface area contributed by atoms with Crippen LogP contribution in [0, 0.1) is 0 Å². The number of rotatable bonds is 3. The Hall–Kier alpha value is -1.91. The van der Waals surface area contributed by atoms with E-state index >= 15 is 0 Å². The zero-order valence-electron chi connectivity index (χ0n) is 6.84. The van der Waals surface area contributed by atoms with Crippen LogP contribution in [-0.4, -0.2) is 21.0 Å². The average molecular weight is 179 g/mol. The van der Waals surface area contributed by atoms with Gasteiger partial charge in [-0.1, -0.05) is 12.2 Å². The van der Waals surface area contributed by atoms with E-state index in [4.69, 9.17) is 10.8 Å². The molecule has 0 aliphatic heterocycles. The number of aliphatic carboxylic acids is 1. The largest absolute Gasteiger partial charge is 0.481 e. The van der Waals surface area contributed by atoms with Gasteiger partial charge >= 0.3 is 5.97 Å². The van der Waals surface area contributed by atoms with Crippen molar-refractivity contribution in [1.29, 1.82) is 0 Å². The maximum Gasteiger partial charge on any atom is 0.307 e. The fourth-order valence-corrected chi connectivity index (χ4v) is 0.730. The van der Waals surface area contributed by atoms with Crippen LogP contribution >= 0.6 is 0 Å². The minimum atomic E-state index is -0.868. The first-order chi connectivity index (χ1) is 6.18. The van der Waals surface area contributed by atoms with Crippen molar-refractivity contribution in [2.75, 3.05) is 5.73 Å². The second-order valence-corrected chi connectivity index (χ2v) is 2.37. The molecule has 0 aliphatic rings. The Labute approximate surface area is 74.9 Å². The van der Waals surface area contributed by atoms with Crippen LogP contribution in [0.1, 0.15) is 12.0 Å². The molecule has 0 aromatic carbocycles. The molecule has 0 saturated heterocycles. The predicted molar refractivity (Wildman–Crippen MR) is 47.7 cm³/mol. The van der Waals surface area contributed by atoms with Gasteiger partial charge in [0.2, 0.25) is 5.95 Å². The Kier molecular flexibility index (Phi) is 2.97. The van der Waals surface area contributed by atoms with Crippen LogP contribution in [0.3, 0.4) is 0 Å². The molecule has 1 aromatic rings. The highest BCUT2D eigenvalue weighted by Gasteiger charge is 1.91. The Morgan fingerprint density at radius 3 is 2.69 bits per heavy atom. The van der Waals surface area contributed by atoms with Gasteiger partial charge in [-0.3, -0.25) is 4.79 Å². The summed E-state index contributed by atoms with van der Waals surface area (Å²) in [4.78, 5) is 17.6. The third kappa shape index (κ3) is 3.33. The van der Waals surface area contributed by atoms with E-state index in [1.54, 1.807) is 6.08 Å². The molecule has 0 spiro atoms. The Bertz CT molecular complexity index is 319. The van der Waals surface area contributed by atoms with Crippen molar-refractivity contribution in [3.8, 4) is 0 Å². The summed E-state index contributed by atoms with van der Waals surface area (Å²) in [6, 6.07) is 0. The van der Waals surface area contributed by atoms with E-state index in [1.165, 1.54) is 18.5 Å². The third-order valence-electron chi connectivity index (χ3n) is 1.29. The second-order valence-electron chi connectivity index (χ2n) is 2.37. The molecule has 0 aliphatic carbocycles. The number of carboxylic acid groups (broad SMARTS) is 1. The van der Waals surface area contributed by atoms with Crippen LogP contribution in [-0.2, 0) is 4.79 Å². The van der Waals surface area contributed by atoms with Crippen molar-refractivity contribution in [3.63, 3.8) is 0 Å². The van der Waals surface area contributed by atoms with Gasteiger partial charge in [-0.15, -0.1) is 0 Å². The van der Waals surface area contributed by atoms with Crippen LogP contribution < -0.4 is 5.73 Å². The van der Waals surface area contributed by atoms with Crippen LogP contribution in [0.5, 0.6) is 0 Å². The molecule has 0 unspecified atom stereocenters. The Morgan fingerprint density at radius 1 is 1.54 bits per heavy atom. The number of carboxylic acids is 1. The van der Waals surface area contributed by atoms with Gasteiger partial charge in [-0.25, -0.2) is 9.97 Å². The summed E-state index contributed by atoms with van der Waals surface area (Å²) < 4.78 is 0. The second kappa shape index (κ2) is 4.20. The Morgan fingerprint density at radius 2 is 2.15 bits per heavy atom. The minimum Gasteiger partial charge on any atom is -0.481 e. The maximum absolute atomic E-state index is 10.1. The first kappa shape index (κ1) is 9.18. The molecule has 68 valence electrons. The normalized spacial score (nSPS) is 10.5. The number of aromatic nitrogens is 2. The lowest BCUT2D eigenvalue weighted by Crippen LogP contribution is -1.93. The number of hydrogen-bond acceptors (Lipinski definition) is 4. The van der Waals surface area contributed by atoms with Gasteiger partial charge in [0.15, 0.2) is 0 Å². The highest BCUT2D eigenvalue weighted by atomic mass is 16.4. The van der Waals surface area contributed by atoms with E-state index in [-0.39, 0.29) is 12.4 Å². The number of nitrogens with zero attached hydrogens (tertiary/aromatic N) is 2. The van der Waals surface area contributed by atoms with Gasteiger partial charge in [0.05, 0.1) is 6.42 Å². The molecule has 0 saturated carbocycles. The molecular formula is C8H9N3O2. The van der Waals surface area contributed by atoms with Gasteiger partial charge in [0.1, 0.15) is 0 Å². The number of carbonyl (C=O) groups is 1. The van der Waals surface area contributed by atoms with Crippen LogP contribution in [0.2, 0.25) is 0 Å². The van der Waals surface area contributed by atoms with Crippen molar-refractivity contribution in [3.05, 3.63) is 24.0 Å². The number of hydrogen-bond donors (Lipinski definition) is 2. The molecule has 3 N–H and O–H groups in total. The highest BCUT2D eigenvalue weighted by Crippen LogP contribution is 2.00. The predicted octanol–water partition coefficient (Wildman–Crippen LogP) is 0.547. The summed E-state index contributed by atoms with van der Waals surface area (Å²) in [7, 11) is 0. The summed E-state index contributed by atoms with van der Waals surface area (Å²) in [6.07, 6.45) is 6.20. The zero-order valence-corrected chi connectivity index (χ0v) is 6.84. The number of nitrogen functional groups attached to an aromatic ring is 1. The van der Waals surface area contributed by atoms with E-state index in [1.807, 2.05) is 0 Å². The lowest BCUT2D eigenvalue weighted by Gasteiger charge is -1.91. The molecule has 0 bridgehead atoms. The van der Waals surface area contributed by atoms with Crippen LogP contribution in [0.15, 0.2) is 18.5 Å². The zero-order chi connectivity index (χ0) is 9.68. The van der Waals surface area contributed by atoms with Gasteiger partial charge in [-0.05, 0) is 0 Å². The van der Waals surface area contributed by atoms with E-state index in [0.717, 1.165) is 5.56 Å². The molecule has 1 heterocycles. The van der Waals surface area contributed by atoms with E-state index in [2.05, 4.69) is 9.97 Å². The van der Waals surface area contributed by atoms with E-state index in [9.17, 15) is 4.79 Å². The molecule has 0 amide bonds. The van der Waals surface area contributed by atoms with Crippen LogP contribution in [0.4, 0.5) is 5.95 Å². The summed E-state index contributed by atoms with van der Waals surface area (Å²) in [5.41, 5.74) is 6.00. The molecule has 0 atom stereocenters. The standard InChI is InChI=1S/C8H9N3O2/c9-8-10-4-6(5-11-8)2-1-3-7(12)13/h1-2,4-5H,3H2,(H,12,13)(H2,9,10,11). The molecule has 1 aromatic heterocycles. The first-order valence-corrected chi connectivity index (χ1v) is 3.64.